The standard InChI is InChI=1S/C17H26BrNO3/c18-14-6-8-17(9-7-14)22-11-10-21-13-16(20)12-19-15-4-2-1-3-5-15/h6-9,15-16,19-20H,1-5,10-13H2/p+1/t16-/m1/s1. The molecule has 0 radical (unpaired) electrons. The van der Waals surface area contributed by atoms with E-state index in [0.717, 1.165) is 16.8 Å². The molecule has 1 fully saturated rings. The number of halogens is 1. The van der Waals surface area contributed by atoms with Crippen LogP contribution in [0.1, 0.15) is 32.1 Å². The van der Waals surface area contributed by atoms with Gasteiger partial charge < -0.3 is 19.9 Å². The summed E-state index contributed by atoms with van der Waals surface area (Å²) in [6.07, 6.45) is 6.22. The molecule has 0 unspecified atom stereocenters. The average Bonchev–Trinajstić information content (AvgIpc) is 2.55. The van der Waals surface area contributed by atoms with Crippen LogP contribution >= 0.6 is 15.9 Å². The van der Waals surface area contributed by atoms with Crippen LogP contribution in [0.5, 0.6) is 5.75 Å². The normalized spacial score (nSPS) is 17.4. The number of benzene rings is 1. The number of hydrogen-bond acceptors (Lipinski definition) is 3. The van der Waals surface area contributed by atoms with Gasteiger partial charge in [-0.05, 0) is 49.9 Å². The lowest BCUT2D eigenvalue weighted by Gasteiger charge is -2.21. The molecule has 0 aromatic heterocycles. The van der Waals surface area contributed by atoms with Gasteiger partial charge in [0.25, 0.3) is 0 Å². The Balaban J connectivity index is 1.48. The summed E-state index contributed by atoms with van der Waals surface area (Å²) < 4.78 is 12.1. The molecule has 4 nitrogen and oxygen atoms in total. The highest BCUT2D eigenvalue weighted by molar-refractivity contribution is 9.10. The van der Waals surface area contributed by atoms with Crippen molar-refractivity contribution in [2.45, 2.75) is 44.2 Å². The Morgan fingerprint density at radius 1 is 1.14 bits per heavy atom. The van der Waals surface area contributed by atoms with Gasteiger partial charge in [0.2, 0.25) is 0 Å². The maximum Gasteiger partial charge on any atom is 0.126 e. The van der Waals surface area contributed by atoms with Gasteiger partial charge in [0.05, 0.1) is 19.3 Å². The van der Waals surface area contributed by atoms with Gasteiger partial charge in [-0.1, -0.05) is 22.4 Å². The third-order valence-corrected chi connectivity index (χ3v) is 4.54. The molecule has 124 valence electrons. The Morgan fingerprint density at radius 2 is 1.86 bits per heavy atom. The van der Waals surface area contributed by atoms with Crippen molar-refractivity contribution in [2.75, 3.05) is 26.4 Å². The van der Waals surface area contributed by atoms with Crippen molar-refractivity contribution in [3.05, 3.63) is 28.7 Å². The first-order valence-corrected chi connectivity index (χ1v) is 9.01. The molecular weight excluding hydrogens is 346 g/mol. The summed E-state index contributed by atoms with van der Waals surface area (Å²) in [5.41, 5.74) is 0. The van der Waals surface area contributed by atoms with Gasteiger partial charge in [0.15, 0.2) is 0 Å². The number of aliphatic hydroxyl groups is 1. The summed E-state index contributed by atoms with van der Waals surface area (Å²) in [4.78, 5) is 0. The van der Waals surface area contributed by atoms with Crippen LogP contribution < -0.4 is 10.1 Å². The van der Waals surface area contributed by atoms with Crippen LogP contribution in [0.2, 0.25) is 0 Å². The second kappa shape index (κ2) is 10.2. The molecule has 22 heavy (non-hydrogen) atoms. The van der Waals surface area contributed by atoms with E-state index >= 15 is 0 Å². The lowest BCUT2D eigenvalue weighted by atomic mass is 9.95. The second-order valence-electron chi connectivity index (χ2n) is 5.90. The highest BCUT2D eigenvalue weighted by atomic mass is 79.9. The predicted octanol–water partition coefficient (Wildman–Crippen LogP) is 2.10. The summed E-state index contributed by atoms with van der Waals surface area (Å²) in [5, 5.41) is 12.2. The number of rotatable bonds is 9. The van der Waals surface area contributed by atoms with E-state index in [0.29, 0.717) is 25.9 Å². The average molecular weight is 373 g/mol. The van der Waals surface area contributed by atoms with Crippen molar-refractivity contribution in [1.82, 2.24) is 0 Å². The molecule has 3 N–H and O–H groups in total. The molecule has 5 heteroatoms. The fourth-order valence-corrected chi connectivity index (χ4v) is 3.02. The molecule has 0 heterocycles. The van der Waals surface area contributed by atoms with Crippen molar-refractivity contribution >= 4 is 15.9 Å². The molecule has 0 bridgehead atoms. The molecule has 1 saturated carbocycles. The largest absolute Gasteiger partial charge is 0.491 e. The lowest BCUT2D eigenvalue weighted by molar-refractivity contribution is -0.697. The first kappa shape index (κ1) is 17.7. The van der Waals surface area contributed by atoms with E-state index in [1.54, 1.807) is 0 Å². The Morgan fingerprint density at radius 3 is 2.59 bits per heavy atom. The lowest BCUT2D eigenvalue weighted by Crippen LogP contribution is -2.92. The van der Waals surface area contributed by atoms with Gasteiger partial charge in [0, 0.05) is 4.47 Å². The predicted molar refractivity (Wildman–Crippen MR) is 90.1 cm³/mol. The third kappa shape index (κ3) is 7.09. The van der Waals surface area contributed by atoms with E-state index in [4.69, 9.17) is 9.47 Å². The van der Waals surface area contributed by atoms with Crippen LogP contribution in [0.15, 0.2) is 28.7 Å². The van der Waals surface area contributed by atoms with Crippen molar-refractivity contribution < 1.29 is 19.9 Å². The number of quaternary nitrogens is 1. The molecule has 1 atom stereocenters. The highest BCUT2D eigenvalue weighted by Gasteiger charge is 2.17. The quantitative estimate of drug-likeness (QED) is 0.652. The van der Waals surface area contributed by atoms with Gasteiger partial charge in [-0.2, -0.15) is 0 Å². The molecule has 0 amide bonds. The minimum absolute atomic E-state index is 0.382. The van der Waals surface area contributed by atoms with E-state index in [9.17, 15) is 5.11 Å². The maximum atomic E-state index is 9.92. The molecule has 1 aromatic rings. The van der Waals surface area contributed by atoms with Crippen molar-refractivity contribution in [2.24, 2.45) is 0 Å². The monoisotopic (exact) mass is 372 g/mol. The number of ether oxygens (including phenoxy) is 2. The van der Waals surface area contributed by atoms with Crippen LogP contribution in [0, 0.1) is 0 Å². The number of nitrogens with two attached hydrogens (primary N) is 1. The van der Waals surface area contributed by atoms with E-state index in [1.165, 1.54) is 32.1 Å². The van der Waals surface area contributed by atoms with E-state index in [2.05, 4.69) is 21.2 Å². The van der Waals surface area contributed by atoms with Gasteiger partial charge in [-0.25, -0.2) is 0 Å². The molecule has 1 aliphatic rings. The first-order chi connectivity index (χ1) is 10.7. The molecule has 0 aliphatic heterocycles. The Bertz CT molecular complexity index is 407. The zero-order valence-electron chi connectivity index (χ0n) is 13.0. The van der Waals surface area contributed by atoms with Crippen LogP contribution in [-0.4, -0.2) is 43.6 Å². The van der Waals surface area contributed by atoms with E-state index in [-0.39, 0.29) is 0 Å². The number of hydrogen-bond donors (Lipinski definition) is 2. The van der Waals surface area contributed by atoms with Crippen molar-refractivity contribution in [3.8, 4) is 5.75 Å². The fourth-order valence-electron chi connectivity index (χ4n) is 2.76. The smallest absolute Gasteiger partial charge is 0.126 e. The summed E-state index contributed by atoms with van der Waals surface area (Å²) in [5.74, 6) is 0.831. The summed E-state index contributed by atoms with van der Waals surface area (Å²) >= 11 is 3.39. The fraction of sp³-hybridized carbons (Fsp3) is 0.647. The minimum atomic E-state index is -0.394. The van der Waals surface area contributed by atoms with Crippen LogP contribution in [0.3, 0.4) is 0 Å². The number of aliphatic hydroxyl groups excluding tert-OH is 1. The third-order valence-electron chi connectivity index (χ3n) is 4.01. The Labute approximate surface area is 141 Å². The van der Waals surface area contributed by atoms with Crippen LogP contribution in [-0.2, 0) is 4.74 Å². The molecule has 1 aliphatic carbocycles. The highest BCUT2D eigenvalue weighted by Crippen LogP contribution is 2.16. The van der Waals surface area contributed by atoms with Crippen LogP contribution in [0.25, 0.3) is 0 Å². The van der Waals surface area contributed by atoms with Gasteiger partial charge in [-0.15, -0.1) is 0 Å². The SMILES string of the molecule is O[C@H](C[NH2+]C1CCCCC1)COCCOc1ccc(Br)cc1. The molecule has 2 rings (SSSR count). The van der Waals surface area contributed by atoms with E-state index in [1.807, 2.05) is 24.3 Å². The Kier molecular flexibility index (Phi) is 8.23. The van der Waals surface area contributed by atoms with Crippen LogP contribution in [0.4, 0.5) is 0 Å². The van der Waals surface area contributed by atoms with Gasteiger partial charge in [0.1, 0.15) is 25.0 Å². The molecule has 0 spiro atoms. The summed E-state index contributed by atoms with van der Waals surface area (Å²) in [6.45, 7) is 2.11. The molecule has 0 saturated heterocycles. The minimum Gasteiger partial charge on any atom is -0.491 e. The summed E-state index contributed by atoms with van der Waals surface area (Å²) in [7, 11) is 0. The topological polar surface area (TPSA) is 55.3 Å². The summed E-state index contributed by atoms with van der Waals surface area (Å²) in [6, 6.07) is 8.42. The zero-order valence-corrected chi connectivity index (χ0v) is 14.6. The van der Waals surface area contributed by atoms with E-state index < -0.39 is 6.10 Å². The second-order valence-corrected chi connectivity index (χ2v) is 6.82. The maximum absolute atomic E-state index is 9.92. The van der Waals surface area contributed by atoms with Gasteiger partial charge >= 0.3 is 0 Å². The van der Waals surface area contributed by atoms with Crippen molar-refractivity contribution in [1.29, 1.82) is 0 Å². The molecular formula is C17H27BrNO3+. The van der Waals surface area contributed by atoms with Crippen molar-refractivity contribution in [3.63, 3.8) is 0 Å². The molecule has 1 aromatic carbocycles. The first-order valence-electron chi connectivity index (χ1n) is 8.21. The Hall–Kier alpha value is -0.620. The zero-order chi connectivity index (χ0) is 15.6. The van der Waals surface area contributed by atoms with Gasteiger partial charge in [-0.3, -0.25) is 0 Å².